The number of rotatable bonds is 5. The number of carbonyl (C=O) groups is 1. The lowest BCUT2D eigenvalue weighted by molar-refractivity contribution is -0.116. The van der Waals surface area contributed by atoms with Gasteiger partial charge in [0.25, 0.3) is 0 Å². The first-order chi connectivity index (χ1) is 13.2. The predicted molar refractivity (Wildman–Crippen MR) is 109 cm³/mol. The van der Waals surface area contributed by atoms with Gasteiger partial charge in [-0.1, -0.05) is 17.7 Å². The first kappa shape index (κ1) is 20.3. The van der Waals surface area contributed by atoms with Crippen LogP contribution in [0.2, 0.25) is 5.02 Å². The standard InChI is InChI=1S/C19H21ClN2O5S/c1-12-15(20)5-4-6-16(12)21-19(23)13(2)22(28(3,24)25)14-7-8-17-18(11-14)27-10-9-26-17/h4-8,11,13H,9-10H2,1-3H3,(H,21,23)/t13-/m1/s1. The second kappa shape index (κ2) is 7.89. The number of hydrogen-bond acceptors (Lipinski definition) is 5. The fraction of sp³-hybridized carbons (Fsp3) is 0.316. The monoisotopic (exact) mass is 424 g/mol. The molecule has 0 saturated carbocycles. The Labute approximate surface area is 169 Å². The molecule has 2 aromatic carbocycles. The van der Waals surface area contributed by atoms with Crippen molar-refractivity contribution in [1.29, 1.82) is 0 Å². The molecule has 0 aromatic heterocycles. The zero-order valence-corrected chi connectivity index (χ0v) is 17.3. The summed E-state index contributed by atoms with van der Waals surface area (Å²) in [5.74, 6) is 0.497. The van der Waals surface area contributed by atoms with Crippen LogP contribution in [-0.2, 0) is 14.8 Å². The highest BCUT2D eigenvalue weighted by atomic mass is 35.5. The highest BCUT2D eigenvalue weighted by Gasteiger charge is 2.30. The molecule has 1 N–H and O–H groups in total. The largest absolute Gasteiger partial charge is 0.486 e. The fourth-order valence-corrected chi connectivity index (χ4v) is 4.30. The van der Waals surface area contributed by atoms with Crippen LogP contribution in [0.3, 0.4) is 0 Å². The molecule has 7 nitrogen and oxygen atoms in total. The third-order valence-corrected chi connectivity index (χ3v) is 6.05. The zero-order chi connectivity index (χ0) is 20.5. The Morgan fingerprint density at radius 2 is 1.86 bits per heavy atom. The zero-order valence-electron chi connectivity index (χ0n) is 15.7. The van der Waals surface area contributed by atoms with Gasteiger partial charge < -0.3 is 14.8 Å². The van der Waals surface area contributed by atoms with Crippen LogP contribution in [0, 0.1) is 6.92 Å². The molecule has 1 amide bonds. The number of nitrogens with one attached hydrogen (secondary N) is 1. The van der Waals surface area contributed by atoms with Gasteiger partial charge in [0.05, 0.1) is 11.9 Å². The Bertz CT molecular complexity index is 1010. The number of anilines is 2. The number of ether oxygens (including phenoxy) is 2. The smallest absolute Gasteiger partial charge is 0.248 e. The Morgan fingerprint density at radius 1 is 1.18 bits per heavy atom. The van der Waals surface area contributed by atoms with Crippen LogP contribution in [0.1, 0.15) is 12.5 Å². The molecule has 1 atom stereocenters. The van der Waals surface area contributed by atoms with Gasteiger partial charge in [0.1, 0.15) is 19.3 Å². The molecular weight excluding hydrogens is 404 g/mol. The lowest BCUT2D eigenvalue weighted by Crippen LogP contribution is -2.45. The van der Waals surface area contributed by atoms with Crippen molar-refractivity contribution in [3.8, 4) is 11.5 Å². The van der Waals surface area contributed by atoms with Gasteiger partial charge in [-0.15, -0.1) is 0 Å². The van der Waals surface area contributed by atoms with Crippen molar-refractivity contribution >= 4 is 38.9 Å². The minimum atomic E-state index is -3.75. The summed E-state index contributed by atoms with van der Waals surface area (Å²) in [4.78, 5) is 12.8. The Kier molecular flexibility index (Phi) is 5.71. The van der Waals surface area contributed by atoms with Gasteiger partial charge in [0.15, 0.2) is 11.5 Å². The van der Waals surface area contributed by atoms with Gasteiger partial charge in [-0.05, 0) is 43.7 Å². The van der Waals surface area contributed by atoms with E-state index in [-0.39, 0.29) is 0 Å². The lowest BCUT2D eigenvalue weighted by Gasteiger charge is -2.29. The fourth-order valence-electron chi connectivity index (χ4n) is 2.96. The van der Waals surface area contributed by atoms with Gasteiger partial charge in [-0.25, -0.2) is 8.42 Å². The summed E-state index contributed by atoms with van der Waals surface area (Å²) in [6.07, 6.45) is 1.05. The average Bonchev–Trinajstić information content (AvgIpc) is 2.64. The molecule has 0 bridgehead atoms. The first-order valence-corrected chi connectivity index (χ1v) is 10.9. The molecule has 2 aromatic rings. The summed E-state index contributed by atoms with van der Waals surface area (Å²) in [6.45, 7) is 4.10. The highest BCUT2D eigenvalue weighted by molar-refractivity contribution is 7.92. The molecule has 9 heteroatoms. The number of nitrogens with zero attached hydrogens (tertiary/aromatic N) is 1. The lowest BCUT2D eigenvalue weighted by atomic mass is 10.2. The Morgan fingerprint density at radius 3 is 2.54 bits per heavy atom. The number of halogens is 1. The molecule has 0 aliphatic carbocycles. The van der Waals surface area contributed by atoms with Gasteiger partial charge in [0.2, 0.25) is 15.9 Å². The van der Waals surface area contributed by atoms with Crippen molar-refractivity contribution in [2.75, 3.05) is 29.1 Å². The third-order valence-electron chi connectivity index (χ3n) is 4.39. The molecule has 150 valence electrons. The molecule has 1 aliphatic rings. The van der Waals surface area contributed by atoms with E-state index >= 15 is 0 Å². The van der Waals surface area contributed by atoms with Crippen LogP contribution in [0.4, 0.5) is 11.4 Å². The van der Waals surface area contributed by atoms with Crippen LogP contribution in [0.25, 0.3) is 0 Å². The van der Waals surface area contributed by atoms with Crippen molar-refractivity contribution in [2.45, 2.75) is 19.9 Å². The van der Waals surface area contributed by atoms with Gasteiger partial charge >= 0.3 is 0 Å². The van der Waals surface area contributed by atoms with E-state index in [0.717, 1.165) is 10.6 Å². The van der Waals surface area contributed by atoms with Crippen molar-refractivity contribution in [1.82, 2.24) is 0 Å². The van der Waals surface area contributed by atoms with Crippen LogP contribution < -0.4 is 19.1 Å². The minimum absolute atomic E-state index is 0.317. The van der Waals surface area contributed by atoms with Gasteiger partial charge in [-0.3, -0.25) is 9.10 Å². The SMILES string of the molecule is Cc1c(Cl)cccc1NC(=O)[C@@H](C)N(c1ccc2c(c1)OCCO2)S(C)(=O)=O. The average molecular weight is 425 g/mol. The highest BCUT2D eigenvalue weighted by Crippen LogP contribution is 2.35. The maximum atomic E-state index is 12.8. The van der Waals surface area contributed by atoms with E-state index in [1.165, 1.54) is 6.92 Å². The van der Waals surface area contributed by atoms with Crippen molar-refractivity contribution in [3.05, 3.63) is 47.0 Å². The van der Waals surface area contributed by atoms with E-state index < -0.39 is 22.0 Å². The Balaban J connectivity index is 1.91. The maximum Gasteiger partial charge on any atom is 0.248 e. The summed E-state index contributed by atoms with van der Waals surface area (Å²) in [5, 5.41) is 3.26. The summed E-state index contributed by atoms with van der Waals surface area (Å²) in [5.41, 5.74) is 1.55. The molecule has 0 saturated heterocycles. The minimum Gasteiger partial charge on any atom is -0.486 e. The van der Waals surface area contributed by atoms with Gasteiger partial charge in [0, 0.05) is 16.8 Å². The molecule has 3 rings (SSSR count). The molecule has 0 unspecified atom stereocenters. The van der Waals surface area contributed by atoms with E-state index in [1.807, 2.05) is 0 Å². The number of benzene rings is 2. The van der Waals surface area contributed by atoms with Crippen molar-refractivity contribution in [3.63, 3.8) is 0 Å². The maximum absolute atomic E-state index is 12.8. The molecule has 1 aliphatic heterocycles. The van der Waals surface area contributed by atoms with E-state index in [4.69, 9.17) is 21.1 Å². The molecule has 28 heavy (non-hydrogen) atoms. The third kappa shape index (κ3) is 4.18. The topological polar surface area (TPSA) is 84.9 Å². The second-order valence-corrected chi connectivity index (χ2v) is 8.73. The summed E-state index contributed by atoms with van der Waals surface area (Å²) in [6, 6.07) is 8.91. The normalized spacial score (nSPS) is 14.3. The molecule has 0 radical (unpaired) electrons. The van der Waals surface area contributed by atoms with E-state index in [9.17, 15) is 13.2 Å². The summed E-state index contributed by atoms with van der Waals surface area (Å²) >= 11 is 6.09. The van der Waals surface area contributed by atoms with E-state index in [0.29, 0.717) is 46.7 Å². The van der Waals surface area contributed by atoms with E-state index in [2.05, 4.69) is 5.32 Å². The van der Waals surface area contributed by atoms with Crippen LogP contribution in [0.15, 0.2) is 36.4 Å². The Hall–Kier alpha value is -2.45. The number of amides is 1. The molecular formula is C19H21ClN2O5S. The second-order valence-electron chi connectivity index (χ2n) is 6.46. The number of hydrogen-bond donors (Lipinski definition) is 1. The summed E-state index contributed by atoms with van der Waals surface area (Å²) < 4.78 is 37.0. The predicted octanol–water partition coefficient (Wildman–Crippen LogP) is 3.21. The van der Waals surface area contributed by atoms with Crippen LogP contribution in [-0.4, -0.2) is 39.8 Å². The van der Waals surface area contributed by atoms with Crippen LogP contribution in [0.5, 0.6) is 11.5 Å². The summed E-state index contributed by atoms with van der Waals surface area (Å²) in [7, 11) is -3.75. The number of fused-ring (bicyclic) bond motifs is 1. The number of sulfonamides is 1. The van der Waals surface area contributed by atoms with Gasteiger partial charge in [-0.2, -0.15) is 0 Å². The van der Waals surface area contributed by atoms with Crippen LogP contribution >= 0.6 is 11.6 Å². The van der Waals surface area contributed by atoms with E-state index in [1.54, 1.807) is 43.3 Å². The van der Waals surface area contributed by atoms with Crippen molar-refractivity contribution in [2.24, 2.45) is 0 Å². The van der Waals surface area contributed by atoms with Crippen molar-refractivity contribution < 1.29 is 22.7 Å². The number of carbonyl (C=O) groups excluding carboxylic acids is 1. The molecule has 1 heterocycles. The molecule has 0 fully saturated rings. The quantitative estimate of drug-likeness (QED) is 0.796. The molecule has 0 spiro atoms. The first-order valence-electron chi connectivity index (χ1n) is 8.63.